The molecule has 1 rings (SSSR count). The molecule has 0 spiro atoms. The normalized spacial score (nSPS) is 21.3. The molecule has 1 aliphatic rings. The molecule has 0 atom stereocenters. The molecule has 15 heavy (non-hydrogen) atoms. The van der Waals surface area contributed by atoms with Crippen molar-refractivity contribution >= 4 is 16.6 Å². The lowest BCUT2D eigenvalue weighted by molar-refractivity contribution is 0.247. The summed E-state index contributed by atoms with van der Waals surface area (Å²) >= 11 is 0. The monoisotopic (exact) mass is 244 g/mol. The summed E-state index contributed by atoms with van der Waals surface area (Å²) in [7, 11) is -3.06. The van der Waals surface area contributed by atoms with Gasteiger partial charge in [-0.25, -0.2) is 0 Å². The molecule has 1 aliphatic heterocycles. The van der Waals surface area contributed by atoms with Gasteiger partial charge in [-0.15, -0.1) is 0 Å². The summed E-state index contributed by atoms with van der Waals surface area (Å²) in [5, 5.41) is 8.80. The zero-order chi connectivity index (χ0) is 12.1. The van der Waals surface area contributed by atoms with Crippen LogP contribution in [0.4, 0.5) is 0 Å². The van der Waals surface area contributed by atoms with Crippen LogP contribution >= 0.6 is 0 Å². The van der Waals surface area contributed by atoms with E-state index in [1.807, 2.05) is 0 Å². The molecule has 0 aromatic rings. The first-order chi connectivity index (χ1) is 6.47. The third-order valence-corrected chi connectivity index (χ3v) is 10.5. The van der Waals surface area contributed by atoms with Crippen LogP contribution in [0.2, 0.25) is 32.7 Å². The second kappa shape index (κ2) is 3.31. The third-order valence-electron chi connectivity index (χ3n) is 2.53. The Balaban J connectivity index is 3.01. The fraction of sp³-hybridized carbons (Fsp3) is 1.00. The third kappa shape index (κ3) is 2.25. The van der Waals surface area contributed by atoms with Gasteiger partial charge in [0.05, 0.1) is 0 Å². The fourth-order valence-corrected chi connectivity index (χ4v) is 11.8. The molecular formula is C9H24N4Si2. The largest absolute Gasteiger partial charge is 0.310 e. The van der Waals surface area contributed by atoms with E-state index in [9.17, 15) is 0 Å². The van der Waals surface area contributed by atoms with Gasteiger partial charge < -0.3 is 4.34 Å². The van der Waals surface area contributed by atoms with Gasteiger partial charge in [0.25, 0.3) is 8.40 Å². The van der Waals surface area contributed by atoms with E-state index >= 15 is 0 Å². The van der Waals surface area contributed by atoms with E-state index in [0.717, 1.165) is 0 Å². The summed E-state index contributed by atoms with van der Waals surface area (Å²) < 4.78 is 4.57. The van der Waals surface area contributed by atoms with Crippen molar-refractivity contribution < 1.29 is 0 Å². The molecule has 0 unspecified atom stereocenters. The maximum atomic E-state index is 4.42. The van der Waals surface area contributed by atoms with Crippen molar-refractivity contribution in [3.8, 4) is 0 Å². The van der Waals surface area contributed by atoms with E-state index < -0.39 is 16.6 Å². The lowest BCUT2D eigenvalue weighted by Gasteiger charge is -2.44. The van der Waals surface area contributed by atoms with Crippen LogP contribution in [0.1, 0.15) is 20.8 Å². The molecule has 0 radical (unpaired) electrons. The van der Waals surface area contributed by atoms with Crippen LogP contribution in [0.15, 0.2) is 10.4 Å². The fourth-order valence-electron chi connectivity index (χ4n) is 2.30. The molecule has 0 bridgehead atoms. The summed E-state index contributed by atoms with van der Waals surface area (Å²) in [4.78, 5) is 0. The van der Waals surface area contributed by atoms with Crippen LogP contribution in [-0.4, -0.2) is 31.2 Å². The van der Waals surface area contributed by atoms with Crippen LogP contribution in [-0.2, 0) is 0 Å². The Morgan fingerprint density at radius 2 is 1.47 bits per heavy atom. The molecule has 6 heteroatoms. The highest BCUT2D eigenvalue weighted by Crippen LogP contribution is 2.34. The highest BCUT2D eigenvalue weighted by molar-refractivity contribution is 6.88. The van der Waals surface area contributed by atoms with Gasteiger partial charge in [-0.3, -0.25) is 4.67 Å². The second-order valence-electron chi connectivity index (χ2n) is 6.64. The van der Waals surface area contributed by atoms with Crippen LogP contribution in [0.25, 0.3) is 0 Å². The molecule has 88 valence electrons. The first kappa shape index (κ1) is 12.7. The zero-order valence-electron chi connectivity index (χ0n) is 11.3. The second-order valence-corrected chi connectivity index (χ2v) is 15.7. The van der Waals surface area contributed by atoms with Gasteiger partial charge in [0.1, 0.15) is 0 Å². The first-order valence-electron chi connectivity index (χ1n) is 5.49. The highest BCUT2D eigenvalue weighted by Gasteiger charge is 2.50. The van der Waals surface area contributed by atoms with Gasteiger partial charge in [0, 0.05) is 5.54 Å². The van der Waals surface area contributed by atoms with E-state index in [1.54, 1.807) is 0 Å². The van der Waals surface area contributed by atoms with Crippen molar-refractivity contribution in [1.82, 2.24) is 9.01 Å². The molecule has 0 fully saturated rings. The minimum absolute atomic E-state index is 0.0770. The minimum Gasteiger partial charge on any atom is -0.310 e. The number of nitrogens with zero attached hydrogens (tertiary/aromatic N) is 4. The molecule has 0 N–H and O–H groups in total. The average molecular weight is 244 g/mol. The number of hydrogen-bond acceptors (Lipinski definition) is 4. The van der Waals surface area contributed by atoms with Crippen molar-refractivity contribution in [1.29, 1.82) is 0 Å². The van der Waals surface area contributed by atoms with Crippen molar-refractivity contribution in [2.45, 2.75) is 59.0 Å². The highest BCUT2D eigenvalue weighted by atomic mass is 28.4. The summed E-state index contributed by atoms with van der Waals surface area (Å²) in [6.07, 6.45) is 0. The Kier molecular flexibility index (Phi) is 2.80. The predicted octanol–water partition coefficient (Wildman–Crippen LogP) is 3.22. The van der Waals surface area contributed by atoms with Crippen molar-refractivity contribution in [3.63, 3.8) is 0 Å². The van der Waals surface area contributed by atoms with Gasteiger partial charge in [-0.05, 0) is 33.9 Å². The molecule has 0 aliphatic carbocycles. The SMILES string of the molecule is CC(C)(C)N1N=NN([Si](C)(C)C)[Si]1(C)C. The molecular weight excluding hydrogens is 220 g/mol. The summed E-state index contributed by atoms with van der Waals surface area (Å²) in [5.74, 6) is 0. The Morgan fingerprint density at radius 3 is 1.67 bits per heavy atom. The van der Waals surface area contributed by atoms with Crippen LogP contribution in [0.5, 0.6) is 0 Å². The van der Waals surface area contributed by atoms with Crippen molar-refractivity contribution in [2.75, 3.05) is 0 Å². The van der Waals surface area contributed by atoms with E-state index in [1.165, 1.54) is 0 Å². The van der Waals surface area contributed by atoms with Gasteiger partial charge >= 0.3 is 0 Å². The zero-order valence-corrected chi connectivity index (χ0v) is 13.3. The van der Waals surface area contributed by atoms with Crippen molar-refractivity contribution in [2.24, 2.45) is 10.4 Å². The Bertz CT molecular complexity index is 249. The maximum Gasteiger partial charge on any atom is 0.288 e. The van der Waals surface area contributed by atoms with Gasteiger partial charge in [0.2, 0.25) is 0 Å². The Labute approximate surface area is 95.6 Å². The molecule has 4 nitrogen and oxygen atoms in total. The van der Waals surface area contributed by atoms with Gasteiger partial charge in [-0.2, -0.15) is 0 Å². The van der Waals surface area contributed by atoms with E-state index in [0.29, 0.717) is 0 Å². The van der Waals surface area contributed by atoms with Crippen molar-refractivity contribution in [3.05, 3.63) is 0 Å². The van der Waals surface area contributed by atoms with E-state index in [-0.39, 0.29) is 5.54 Å². The number of rotatable bonds is 1. The summed E-state index contributed by atoms with van der Waals surface area (Å²) in [6.45, 7) is 18.2. The molecule has 0 aromatic heterocycles. The lowest BCUT2D eigenvalue weighted by atomic mass is 10.1. The van der Waals surface area contributed by atoms with E-state index in [4.69, 9.17) is 0 Å². The quantitative estimate of drug-likeness (QED) is 0.663. The lowest BCUT2D eigenvalue weighted by Crippen LogP contribution is -2.65. The topological polar surface area (TPSA) is 31.2 Å². The standard InChI is InChI=1S/C9H24N4Si2/c1-9(2,3)12-10-11-13(14(4,5)6)15(12,7)8/h1-8H3. The molecule has 0 saturated heterocycles. The Morgan fingerprint density at radius 1 is 1.00 bits per heavy atom. The van der Waals surface area contributed by atoms with Gasteiger partial charge in [0.15, 0.2) is 8.24 Å². The minimum atomic E-state index is -1.67. The van der Waals surface area contributed by atoms with Crippen LogP contribution < -0.4 is 0 Å². The molecule has 0 aromatic carbocycles. The molecule has 1 heterocycles. The van der Waals surface area contributed by atoms with Crippen LogP contribution in [0, 0.1) is 0 Å². The maximum absolute atomic E-state index is 4.42. The number of hydrogen-bond donors (Lipinski definition) is 0. The first-order valence-corrected chi connectivity index (χ1v) is 11.8. The molecule has 0 amide bonds. The molecule has 0 saturated carbocycles. The smallest absolute Gasteiger partial charge is 0.288 e. The Hall–Kier alpha value is -0.366. The summed E-state index contributed by atoms with van der Waals surface area (Å²) in [6, 6.07) is 0. The van der Waals surface area contributed by atoms with Gasteiger partial charge in [-0.1, -0.05) is 30.1 Å². The van der Waals surface area contributed by atoms with E-state index in [2.05, 4.69) is 73.0 Å². The van der Waals surface area contributed by atoms with Crippen LogP contribution in [0.3, 0.4) is 0 Å². The predicted molar refractivity (Wildman–Crippen MR) is 69.1 cm³/mol. The average Bonchev–Trinajstić information content (AvgIpc) is 2.21. The summed E-state index contributed by atoms with van der Waals surface area (Å²) in [5.41, 5.74) is 0.0770.